The van der Waals surface area contributed by atoms with Crippen LogP contribution in [0.15, 0.2) is 34.9 Å². The molecule has 1 aromatic carbocycles. The zero-order valence-corrected chi connectivity index (χ0v) is 13.2. The molecule has 0 bridgehead atoms. The van der Waals surface area contributed by atoms with E-state index < -0.39 is 5.82 Å². The molecule has 2 rings (SSSR count). The van der Waals surface area contributed by atoms with Gasteiger partial charge in [-0.25, -0.2) is 4.39 Å². The average molecular weight is 354 g/mol. The van der Waals surface area contributed by atoms with E-state index in [1.165, 1.54) is 0 Å². The molecule has 20 heavy (non-hydrogen) atoms. The van der Waals surface area contributed by atoms with E-state index in [9.17, 15) is 4.39 Å². The lowest BCUT2D eigenvalue weighted by Gasteiger charge is -2.11. The van der Waals surface area contributed by atoms with Gasteiger partial charge in [-0.1, -0.05) is 18.3 Å². The Balaban J connectivity index is 2.21. The van der Waals surface area contributed by atoms with Crippen molar-refractivity contribution in [2.45, 2.75) is 13.5 Å². The molecule has 0 saturated carbocycles. The molecule has 0 amide bonds. The van der Waals surface area contributed by atoms with Crippen LogP contribution in [0.25, 0.3) is 0 Å². The van der Waals surface area contributed by atoms with Crippen molar-refractivity contribution >= 4 is 38.8 Å². The molecule has 6 heteroatoms. The first-order valence-corrected chi connectivity index (χ1v) is 7.13. The van der Waals surface area contributed by atoms with Crippen molar-refractivity contribution < 1.29 is 4.39 Å². The van der Waals surface area contributed by atoms with Crippen LogP contribution >= 0.6 is 28.1 Å². The molecule has 1 aromatic heterocycles. The first-order valence-electron chi connectivity index (χ1n) is 5.93. The number of anilines is 1. The van der Waals surface area contributed by atoms with Gasteiger partial charge in [0.15, 0.2) is 5.82 Å². The number of rotatable bonds is 4. The summed E-state index contributed by atoms with van der Waals surface area (Å²) in [7, 11) is 0. The Morgan fingerprint density at radius 1 is 1.45 bits per heavy atom. The summed E-state index contributed by atoms with van der Waals surface area (Å²) in [6.45, 7) is 2.41. The second kappa shape index (κ2) is 6.28. The maximum atomic E-state index is 14.2. The summed E-state index contributed by atoms with van der Waals surface area (Å²) in [5.41, 5.74) is 8.31. The van der Waals surface area contributed by atoms with E-state index in [0.29, 0.717) is 17.8 Å². The maximum absolute atomic E-state index is 14.2. The summed E-state index contributed by atoms with van der Waals surface area (Å²) in [5, 5.41) is 3.03. The highest BCUT2D eigenvalue weighted by Gasteiger charge is 2.13. The molecule has 1 heterocycles. The van der Waals surface area contributed by atoms with E-state index >= 15 is 0 Å². The largest absolute Gasteiger partial charge is 0.389 e. The van der Waals surface area contributed by atoms with Gasteiger partial charge in [0.1, 0.15) is 4.99 Å². The van der Waals surface area contributed by atoms with Gasteiger partial charge in [-0.2, -0.15) is 0 Å². The van der Waals surface area contributed by atoms with Gasteiger partial charge in [0.05, 0.1) is 22.4 Å². The van der Waals surface area contributed by atoms with Gasteiger partial charge in [-0.3, -0.25) is 4.98 Å². The number of thiocarbonyl (C=S) groups is 1. The molecule has 0 aliphatic heterocycles. The Labute approximate surface area is 130 Å². The van der Waals surface area contributed by atoms with E-state index in [-0.39, 0.29) is 9.46 Å². The van der Waals surface area contributed by atoms with Crippen LogP contribution in [0, 0.1) is 12.7 Å². The van der Waals surface area contributed by atoms with Crippen molar-refractivity contribution in [3.05, 3.63) is 57.6 Å². The van der Waals surface area contributed by atoms with Crippen LogP contribution in [-0.2, 0) is 6.54 Å². The fraction of sp³-hybridized carbons (Fsp3) is 0.143. The van der Waals surface area contributed by atoms with Gasteiger partial charge in [0.2, 0.25) is 0 Å². The zero-order chi connectivity index (χ0) is 14.7. The fourth-order valence-corrected chi connectivity index (χ4v) is 2.62. The molecule has 0 aliphatic rings. The molecular formula is C14H13BrFN3S. The standard InChI is InChI=1S/C14H13BrFN3S/c1-8-3-2-6-18-11(8)7-19-10-5-4-9(14(17)20)12(15)13(10)16/h2-6,19H,7H2,1H3,(H2,17,20). The van der Waals surface area contributed by atoms with Crippen LogP contribution in [-0.4, -0.2) is 9.97 Å². The van der Waals surface area contributed by atoms with Crippen molar-refractivity contribution in [1.29, 1.82) is 0 Å². The van der Waals surface area contributed by atoms with Crippen LogP contribution in [0.3, 0.4) is 0 Å². The van der Waals surface area contributed by atoms with Gasteiger partial charge >= 0.3 is 0 Å². The lowest BCUT2D eigenvalue weighted by atomic mass is 10.2. The summed E-state index contributed by atoms with van der Waals surface area (Å²) in [6, 6.07) is 7.13. The first kappa shape index (κ1) is 14.9. The molecule has 0 fully saturated rings. The van der Waals surface area contributed by atoms with Crippen molar-refractivity contribution in [3.63, 3.8) is 0 Å². The van der Waals surface area contributed by atoms with Gasteiger partial charge < -0.3 is 11.1 Å². The highest BCUT2D eigenvalue weighted by atomic mass is 79.9. The second-order valence-electron chi connectivity index (χ2n) is 4.27. The molecule has 104 valence electrons. The minimum atomic E-state index is -0.413. The van der Waals surface area contributed by atoms with Crippen LogP contribution in [0.5, 0.6) is 0 Å². The number of aromatic nitrogens is 1. The molecule has 2 aromatic rings. The lowest BCUT2D eigenvalue weighted by molar-refractivity contribution is 0.623. The number of hydrogen-bond donors (Lipinski definition) is 2. The normalized spacial score (nSPS) is 10.3. The Morgan fingerprint density at radius 3 is 2.85 bits per heavy atom. The molecule has 3 nitrogen and oxygen atoms in total. The number of nitrogens with zero attached hydrogens (tertiary/aromatic N) is 1. The molecule has 0 atom stereocenters. The molecule has 0 unspecified atom stereocenters. The Kier molecular flexibility index (Phi) is 4.67. The molecule has 0 saturated heterocycles. The van der Waals surface area contributed by atoms with E-state index in [1.54, 1.807) is 18.3 Å². The second-order valence-corrected chi connectivity index (χ2v) is 5.51. The van der Waals surface area contributed by atoms with Gasteiger partial charge in [-0.15, -0.1) is 0 Å². The van der Waals surface area contributed by atoms with Gasteiger partial charge in [-0.05, 0) is 46.6 Å². The molecule has 0 spiro atoms. The number of pyridine rings is 1. The van der Waals surface area contributed by atoms with Crippen LogP contribution in [0.2, 0.25) is 0 Å². The van der Waals surface area contributed by atoms with E-state index in [4.69, 9.17) is 18.0 Å². The average Bonchev–Trinajstić information content (AvgIpc) is 2.41. The number of aryl methyl sites for hydroxylation is 1. The van der Waals surface area contributed by atoms with Crippen molar-refractivity contribution in [3.8, 4) is 0 Å². The zero-order valence-electron chi connectivity index (χ0n) is 10.8. The minimum absolute atomic E-state index is 0.155. The summed E-state index contributed by atoms with van der Waals surface area (Å²) >= 11 is 8.04. The molecular weight excluding hydrogens is 341 g/mol. The highest BCUT2D eigenvalue weighted by molar-refractivity contribution is 9.10. The summed E-state index contributed by atoms with van der Waals surface area (Å²) in [6.07, 6.45) is 1.71. The van der Waals surface area contributed by atoms with Crippen molar-refractivity contribution in [1.82, 2.24) is 4.98 Å². The predicted octanol–water partition coefficient (Wildman–Crippen LogP) is 3.54. The monoisotopic (exact) mass is 353 g/mol. The maximum Gasteiger partial charge on any atom is 0.161 e. The third-order valence-corrected chi connectivity index (χ3v) is 3.91. The summed E-state index contributed by atoms with van der Waals surface area (Å²) in [5.74, 6) is -0.413. The highest BCUT2D eigenvalue weighted by Crippen LogP contribution is 2.27. The molecule has 0 radical (unpaired) electrons. The van der Waals surface area contributed by atoms with Crippen molar-refractivity contribution in [2.75, 3.05) is 5.32 Å². The third-order valence-electron chi connectivity index (χ3n) is 2.91. The van der Waals surface area contributed by atoms with Gasteiger partial charge in [0.25, 0.3) is 0 Å². The van der Waals surface area contributed by atoms with Crippen molar-refractivity contribution in [2.24, 2.45) is 5.73 Å². The summed E-state index contributed by atoms with van der Waals surface area (Å²) < 4.78 is 14.5. The van der Waals surface area contributed by atoms with Crippen LogP contribution in [0.1, 0.15) is 16.8 Å². The lowest BCUT2D eigenvalue weighted by Crippen LogP contribution is -2.12. The van der Waals surface area contributed by atoms with E-state index in [1.807, 2.05) is 19.1 Å². The van der Waals surface area contributed by atoms with Crippen LogP contribution < -0.4 is 11.1 Å². The number of benzene rings is 1. The number of hydrogen-bond acceptors (Lipinski definition) is 3. The predicted molar refractivity (Wildman–Crippen MR) is 86.3 cm³/mol. The molecule has 0 aliphatic carbocycles. The Hall–Kier alpha value is -1.53. The minimum Gasteiger partial charge on any atom is -0.389 e. The quantitative estimate of drug-likeness (QED) is 0.825. The Bertz CT molecular complexity index is 661. The molecule has 3 N–H and O–H groups in total. The fourth-order valence-electron chi connectivity index (χ4n) is 1.76. The van der Waals surface area contributed by atoms with Gasteiger partial charge in [0, 0.05) is 11.8 Å². The number of nitrogens with one attached hydrogen (secondary N) is 1. The summed E-state index contributed by atoms with van der Waals surface area (Å²) in [4.78, 5) is 4.41. The topological polar surface area (TPSA) is 50.9 Å². The number of nitrogens with two attached hydrogens (primary N) is 1. The van der Waals surface area contributed by atoms with E-state index in [2.05, 4.69) is 26.2 Å². The first-order chi connectivity index (χ1) is 9.50. The van der Waals surface area contributed by atoms with E-state index in [0.717, 1.165) is 11.3 Å². The smallest absolute Gasteiger partial charge is 0.161 e. The van der Waals surface area contributed by atoms with Crippen LogP contribution in [0.4, 0.5) is 10.1 Å². The SMILES string of the molecule is Cc1cccnc1CNc1ccc(C(N)=S)c(Br)c1F. The third kappa shape index (κ3) is 3.13. The Morgan fingerprint density at radius 2 is 2.20 bits per heavy atom. The number of halogens is 2.